The van der Waals surface area contributed by atoms with Gasteiger partial charge in [0.25, 0.3) is 5.91 Å². The average Bonchev–Trinajstić information content (AvgIpc) is 3.43. The summed E-state index contributed by atoms with van der Waals surface area (Å²) in [7, 11) is 1.62. The number of amides is 1. The van der Waals surface area contributed by atoms with Crippen molar-refractivity contribution < 1.29 is 9.53 Å². The van der Waals surface area contributed by atoms with E-state index in [1.165, 1.54) is 0 Å². The molecule has 2 aromatic carbocycles. The molecule has 0 saturated heterocycles. The number of ether oxygens (including phenoxy) is 1. The topological polar surface area (TPSA) is 95.7 Å². The second kappa shape index (κ2) is 9.26. The van der Waals surface area contributed by atoms with Crippen LogP contribution in [-0.4, -0.2) is 39.7 Å². The first-order chi connectivity index (χ1) is 14.7. The standard InChI is InChI=1S/C23H25N5O2/c1-30-21-12-7-4-9-16(21)19-15-20(28-27-19)23(29)24-14-8-2-3-13-22-25-17-10-5-6-11-18(17)26-22/h4-7,9-12,15H,2-3,8,13-14H2,1H3,(H,24,29)(H,25,26)(H,27,28). The number of methoxy groups -OCH3 is 1. The average molecular weight is 403 g/mol. The summed E-state index contributed by atoms with van der Waals surface area (Å²) in [5.41, 5.74) is 4.06. The van der Waals surface area contributed by atoms with E-state index in [1.54, 1.807) is 13.2 Å². The Kier molecular flexibility index (Phi) is 6.08. The fourth-order valence-corrected chi connectivity index (χ4v) is 3.45. The lowest BCUT2D eigenvalue weighted by molar-refractivity contribution is 0.0948. The Labute approximate surface area is 174 Å². The number of unbranched alkanes of at least 4 members (excludes halogenated alkanes) is 2. The number of aromatic amines is 2. The third-order valence-corrected chi connectivity index (χ3v) is 5.02. The number of carbonyl (C=O) groups is 1. The number of hydrogen-bond donors (Lipinski definition) is 3. The Balaban J connectivity index is 1.21. The molecule has 7 heteroatoms. The lowest BCUT2D eigenvalue weighted by atomic mass is 10.1. The highest BCUT2D eigenvalue weighted by Crippen LogP contribution is 2.28. The van der Waals surface area contributed by atoms with E-state index in [0.29, 0.717) is 17.9 Å². The number of carbonyl (C=O) groups excluding carboxylic acids is 1. The zero-order valence-electron chi connectivity index (χ0n) is 16.9. The number of aryl methyl sites for hydroxylation is 1. The van der Waals surface area contributed by atoms with Crippen molar-refractivity contribution in [2.75, 3.05) is 13.7 Å². The van der Waals surface area contributed by atoms with Crippen molar-refractivity contribution in [3.63, 3.8) is 0 Å². The van der Waals surface area contributed by atoms with E-state index in [1.807, 2.05) is 48.5 Å². The Hall–Kier alpha value is -3.61. The lowest BCUT2D eigenvalue weighted by Gasteiger charge is -2.04. The fraction of sp³-hybridized carbons (Fsp3) is 0.261. The van der Waals surface area contributed by atoms with Gasteiger partial charge in [0.2, 0.25) is 0 Å². The van der Waals surface area contributed by atoms with Crippen molar-refractivity contribution in [1.82, 2.24) is 25.5 Å². The van der Waals surface area contributed by atoms with Gasteiger partial charge in [-0.3, -0.25) is 9.89 Å². The molecule has 0 saturated carbocycles. The van der Waals surface area contributed by atoms with Crippen LogP contribution >= 0.6 is 0 Å². The van der Waals surface area contributed by atoms with Crippen molar-refractivity contribution in [1.29, 1.82) is 0 Å². The summed E-state index contributed by atoms with van der Waals surface area (Å²) in [5, 5.41) is 10.0. The number of rotatable bonds is 9. The molecule has 0 aliphatic heterocycles. The van der Waals surface area contributed by atoms with Crippen LogP contribution < -0.4 is 10.1 Å². The number of fused-ring (bicyclic) bond motifs is 1. The summed E-state index contributed by atoms with van der Waals surface area (Å²) in [6.45, 7) is 0.627. The quantitative estimate of drug-likeness (QED) is 0.367. The van der Waals surface area contributed by atoms with Crippen LogP contribution in [0.25, 0.3) is 22.3 Å². The second-order valence-electron chi connectivity index (χ2n) is 7.13. The Morgan fingerprint density at radius 3 is 2.77 bits per heavy atom. The normalized spacial score (nSPS) is 11.0. The molecule has 154 valence electrons. The number of para-hydroxylation sites is 3. The van der Waals surface area contributed by atoms with E-state index < -0.39 is 0 Å². The summed E-state index contributed by atoms with van der Waals surface area (Å²) < 4.78 is 5.36. The largest absolute Gasteiger partial charge is 0.496 e. The van der Waals surface area contributed by atoms with Crippen molar-refractivity contribution in [3.05, 3.63) is 66.1 Å². The predicted molar refractivity (Wildman–Crippen MR) is 117 cm³/mol. The van der Waals surface area contributed by atoms with Gasteiger partial charge in [-0.15, -0.1) is 0 Å². The molecule has 0 radical (unpaired) electrons. The smallest absolute Gasteiger partial charge is 0.269 e. The van der Waals surface area contributed by atoms with Crippen molar-refractivity contribution in [3.8, 4) is 17.0 Å². The molecule has 1 amide bonds. The zero-order chi connectivity index (χ0) is 20.8. The predicted octanol–water partition coefficient (Wildman–Crippen LogP) is 4.10. The summed E-state index contributed by atoms with van der Waals surface area (Å²) in [5.74, 6) is 1.59. The number of imidazole rings is 1. The maximum Gasteiger partial charge on any atom is 0.269 e. The summed E-state index contributed by atoms with van der Waals surface area (Å²) in [4.78, 5) is 20.3. The van der Waals surface area contributed by atoms with Crippen LogP contribution in [-0.2, 0) is 6.42 Å². The van der Waals surface area contributed by atoms with Gasteiger partial charge in [-0.2, -0.15) is 5.10 Å². The third-order valence-electron chi connectivity index (χ3n) is 5.02. The highest BCUT2D eigenvalue weighted by Gasteiger charge is 2.13. The monoisotopic (exact) mass is 403 g/mol. The van der Waals surface area contributed by atoms with Crippen LogP contribution in [0.15, 0.2) is 54.6 Å². The molecule has 4 aromatic rings. The highest BCUT2D eigenvalue weighted by molar-refractivity contribution is 5.93. The molecule has 0 aliphatic rings. The van der Waals surface area contributed by atoms with Gasteiger partial charge in [-0.05, 0) is 43.2 Å². The molecule has 3 N–H and O–H groups in total. The molecule has 0 fully saturated rings. The summed E-state index contributed by atoms with van der Waals surface area (Å²) in [6.07, 6.45) is 3.87. The Morgan fingerprint density at radius 2 is 1.90 bits per heavy atom. The van der Waals surface area contributed by atoms with Gasteiger partial charge in [0.05, 0.1) is 23.8 Å². The number of aromatic nitrogens is 4. The van der Waals surface area contributed by atoms with Gasteiger partial charge >= 0.3 is 0 Å². The number of nitrogens with one attached hydrogen (secondary N) is 3. The van der Waals surface area contributed by atoms with E-state index in [0.717, 1.165) is 53.9 Å². The number of nitrogens with zero attached hydrogens (tertiary/aromatic N) is 2. The van der Waals surface area contributed by atoms with Crippen molar-refractivity contribution >= 4 is 16.9 Å². The van der Waals surface area contributed by atoms with E-state index in [2.05, 4.69) is 25.5 Å². The molecule has 2 aromatic heterocycles. The van der Waals surface area contributed by atoms with Crippen molar-refractivity contribution in [2.45, 2.75) is 25.7 Å². The van der Waals surface area contributed by atoms with E-state index >= 15 is 0 Å². The SMILES string of the molecule is COc1ccccc1-c1cc(C(=O)NCCCCCc2nc3ccccc3[nH]2)[nH]n1. The third kappa shape index (κ3) is 4.51. The molecule has 0 spiro atoms. The van der Waals surface area contributed by atoms with Crippen LogP contribution in [0.3, 0.4) is 0 Å². The van der Waals surface area contributed by atoms with Crippen LogP contribution in [0.1, 0.15) is 35.6 Å². The molecule has 0 bridgehead atoms. The maximum absolute atomic E-state index is 12.4. The van der Waals surface area contributed by atoms with Crippen LogP contribution in [0.4, 0.5) is 0 Å². The van der Waals surface area contributed by atoms with Gasteiger partial charge in [-0.1, -0.05) is 30.7 Å². The molecule has 0 aliphatic carbocycles. The molecule has 0 atom stereocenters. The molecule has 30 heavy (non-hydrogen) atoms. The van der Waals surface area contributed by atoms with Gasteiger partial charge in [-0.25, -0.2) is 4.98 Å². The molecule has 7 nitrogen and oxygen atoms in total. The van der Waals surface area contributed by atoms with Crippen LogP contribution in [0.5, 0.6) is 5.75 Å². The minimum absolute atomic E-state index is 0.152. The molecular weight excluding hydrogens is 378 g/mol. The Bertz CT molecular complexity index is 1100. The summed E-state index contributed by atoms with van der Waals surface area (Å²) in [6, 6.07) is 17.4. The van der Waals surface area contributed by atoms with E-state index in [-0.39, 0.29) is 5.91 Å². The van der Waals surface area contributed by atoms with Gasteiger partial charge in [0, 0.05) is 18.5 Å². The summed E-state index contributed by atoms with van der Waals surface area (Å²) >= 11 is 0. The van der Waals surface area contributed by atoms with Gasteiger partial charge in [0.15, 0.2) is 0 Å². The van der Waals surface area contributed by atoms with Gasteiger partial charge in [0.1, 0.15) is 17.3 Å². The lowest BCUT2D eigenvalue weighted by Crippen LogP contribution is -2.24. The van der Waals surface area contributed by atoms with Crippen LogP contribution in [0, 0.1) is 0 Å². The van der Waals surface area contributed by atoms with Crippen LogP contribution in [0.2, 0.25) is 0 Å². The first-order valence-electron chi connectivity index (χ1n) is 10.2. The first-order valence-corrected chi connectivity index (χ1v) is 10.2. The van der Waals surface area contributed by atoms with E-state index in [4.69, 9.17) is 4.74 Å². The maximum atomic E-state index is 12.4. The molecule has 2 heterocycles. The second-order valence-corrected chi connectivity index (χ2v) is 7.13. The molecule has 4 rings (SSSR count). The molecular formula is C23H25N5O2. The minimum Gasteiger partial charge on any atom is -0.496 e. The van der Waals surface area contributed by atoms with Gasteiger partial charge < -0.3 is 15.0 Å². The first kappa shape index (κ1) is 19.7. The van der Waals surface area contributed by atoms with Crippen molar-refractivity contribution in [2.24, 2.45) is 0 Å². The number of benzene rings is 2. The van der Waals surface area contributed by atoms with E-state index in [9.17, 15) is 4.79 Å². The number of hydrogen-bond acceptors (Lipinski definition) is 4. The fourth-order valence-electron chi connectivity index (χ4n) is 3.45. The minimum atomic E-state index is -0.152. The number of H-pyrrole nitrogens is 2. The Morgan fingerprint density at radius 1 is 1.07 bits per heavy atom. The molecule has 0 unspecified atom stereocenters. The zero-order valence-corrected chi connectivity index (χ0v) is 16.9. The highest BCUT2D eigenvalue weighted by atomic mass is 16.5.